The predicted octanol–water partition coefficient (Wildman–Crippen LogP) is 3.29. The average molecular weight is 206 g/mol. The van der Waals surface area contributed by atoms with Crippen molar-refractivity contribution in [2.75, 3.05) is 0 Å². The molecule has 1 N–H and O–H groups in total. The van der Waals surface area contributed by atoms with Crippen molar-refractivity contribution in [1.29, 1.82) is 0 Å². The Labute approximate surface area is 93.6 Å². The van der Waals surface area contributed by atoms with Gasteiger partial charge in [0.25, 0.3) is 0 Å². The van der Waals surface area contributed by atoms with E-state index in [0.29, 0.717) is 6.42 Å². The fourth-order valence-electron chi connectivity index (χ4n) is 2.46. The van der Waals surface area contributed by atoms with Gasteiger partial charge in [-0.2, -0.15) is 0 Å². The first-order valence-electron chi connectivity index (χ1n) is 5.68. The van der Waals surface area contributed by atoms with Gasteiger partial charge in [0.05, 0.1) is 0 Å². The van der Waals surface area contributed by atoms with Crippen LogP contribution in [0.2, 0.25) is 0 Å². The molecule has 1 atom stereocenters. The van der Waals surface area contributed by atoms with E-state index in [9.17, 15) is 5.11 Å². The molecular weight excluding hydrogens is 184 g/mol. The summed E-state index contributed by atoms with van der Waals surface area (Å²) < 4.78 is 0. The monoisotopic (exact) mass is 206 g/mol. The Morgan fingerprint density at radius 1 is 1.53 bits per heavy atom. The molecule has 0 spiro atoms. The quantitative estimate of drug-likeness (QED) is 0.543. The summed E-state index contributed by atoms with van der Waals surface area (Å²) in [4.78, 5) is 0. The molecule has 1 unspecified atom stereocenters. The van der Waals surface area contributed by atoms with E-state index in [1.165, 1.54) is 24.0 Å². The lowest BCUT2D eigenvalue weighted by molar-refractivity contribution is 0.113. The van der Waals surface area contributed by atoms with Crippen LogP contribution in [0.25, 0.3) is 0 Å². The molecule has 15 heavy (non-hydrogen) atoms. The van der Waals surface area contributed by atoms with Crippen molar-refractivity contribution in [2.24, 2.45) is 5.41 Å². The van der Waals surface area contributed by atoms with E-state index >= 15 is 0 Å². The van der Waals surface area contributed by atoms with Gasteiger partial charge >= 0.3 is 0 Å². The fraction of sp³-hybridized carbons (Fsp3) is 0.714. The summed E-state index contributed by atoms with van der Waals surface area (Å²) in [5.74, 6) is 2.47. The summed E-state index contributed by atoms with van der Waals surface area (Å²) in [5.41, 5.74) is 1.98. The zero-order chi connectivity index (χ0) is 11.7. The number of allylic oxidation sites excluding steroid dienone is 1. The van der Waals surface area contributed by atoms with Crippen molar-refractivity contribution < 1.29 is 5.11 Å². The van der Waals surface area contributed by atoms with Gasteiger partial charge in [-0.3, -0.25) is 0 Å². The van der Waals surface area contributed by atoms with Crippen LogP contribution >= 0.6 is 0 Å². The van der Waals surface area contributed by atoms with Crippen LogP contribution in [0, 0.1) is 17.8 Å². The second kappa shape index (κ2) is 4.02. The van der Waals surface area contributed by atoms with Crippen molar-refractivity contribution in [3.8, 4) is 12.3 Å². The highest BCUT2D eigenvalue weighted by molar-refractivity contribution is 5.26. The van der Waals surface area contributed by atoms with E-state index in [2.05, 4.69) is 26.7 Å². The third-order valence-corrected chi connectivity index (χ3v) is 3.52. The summed E-state index contributed by atoms with van der Waals surface area (Å²) in [6.45, 7) is 8.38. The minimum absolute atomic E-state index is 0.198. The Kier molecular flexibility index (Phi) is 3.31. The summed E-state index contributed by atoms with van der Waals surface area (Å²) >= 11 is 0. The maximum Gasteiger partial charge on any atom is 0.126 e. The number of hydrogen-bond acceptors (Lipinski definition) is 1. The molecule has 0 radical (unpaired) electrons. The first-order chi connectivity index (χ1) is 6.78. The van der Waals surface area contributed by atoms with E-state index in [-0.39, 0.29) is 5.41 Å². The van der Waals surface area contributed by atoms with Crippen molar-refractivity contribution >= 4 is 0 Å². The van der Waals surface area contributed by atoms with Crippen molar-refractivity contribution in [1.82, 2.24) is 0 Å². The molecule has 0 aliphatic heterocycles. The summed E-state index contributed by atoms with van der Waals surface area (Å²) in [5, 5.41) is 9.96. The lowest BCUT2D eigenvalue weighted by Gasteiger charge is -2.37. The van der Waals surface area contributed by atoms with Crippen LogP contribution in [0.4, 0.5) is 0 Å². The second-order valence-corrected chi connectivity index (χ2v) is 5.59. The number of rotatable bonds is 2. The normalized spacial score (nSPS) is 24.5. The molecule has 0 aromatic heterocycles. The molecule has 1 nitrogen and oxygen atoms in total. The van der Waals surface area contributed by atoms with E-state index in [0.717, 1.165) is 6.42 Å². The standard InChI is InChI=1S/C14H22O/c1-6-14(5,15)10-12-11(2)8-7-9-13(12,3)4/h1,15H,7-10H2,2-5H3. The van der Waals surface area contributed by atoms with Gasteiger partial charge in [-0.25, -0.2) is 0 Å². The Balaban J connectivity index is 2.96. The largest absolute Gasteiger partial charge is 0.378 e. The van der Waals surface area contributed by atoms with Crippen LogP contribution in [0.15, 0.2) is 11.1 Å². The summed E-state index contributed by atoms with van der Waals surface area (Å²) in [6, 6.07) is 0. The summed E-state index contributed by atoms with van der Waals surface area (Å²) in [7, 11) is 0. The van der Waals surface area contributed by atoms with E-state index in [1.54, 1.807) is 6.92 Å². The molecule has 0 saturated carbocycles. The number of aliphatic hydroxyl groups is 1. The first-order valence-corrected chi connectivity index (χ1v) is 5.68. The van der Waals surface area contributed by atoms with Crippen molar-refractivity contribution in [3.63, 3.8) is 0 Å². The molecule has 0 fully saturated rings. The Morgan fingerprint density at radius 2 is 2.13 bits per heavy atom. The van der Waals surface area contributed by atoms with Crippen LogP contribution in [0.1, 0.15) is 53.4 Å². The van der Waals surface area contributed by atoms with Gasteiger partial charge in [0.15, 0.2) is 0 Å². The van der Waals surface area contributed by atoms with Gasteiger partial charge in [0.2, 0.25) is 0 Å². The average Bonchev–Trinajstić information content (AvgIpc) is 2.12. The van der Waals surface area contributed by atoms with Gasteiger partial charge < -0.3 is 5.11 Å². The van der Waals surface area contributed by atoms with E-state index in [1.807, 2.05) is 0 Å². The molecule has 1 aliphatic carbocycles. The van der Waals surface area contributed by atoms with Crippen molar-refractivity contribution in [2.45, 2.75) is 59.0 Å². The Hall–Kier alpha value is -0.740. The zero-order valence-corrected chi connectivity index (χ0v) is 10.4. The maximum absolute atomic E-state index is 9.96. The maximum atomic E-state index is 9.96. The first kappa shape index (κ1) is 12.3. The third kappa shape index (κ3) is 2.86. The van der Waals surface area contributed by atoms with E-state index in [4.69, 9.17) is 6.42 Å². The lowest BCUT2D eigenvalue weighted by Crippen LogP contribution is -2.29. The fourth-order valence-corrected chi connectivity index (χ4v) is 2.46. The molecule has 1 aliphatic rings. The van der Waals surface area contributed by atoms with Gasteiger partial charge in [-0.1, -0.05) is 30.9 Å². The lowest BCUT2D eigenvalue weighted by atomic mass is 9.69. The highest BCUT2D eigenvalue weighted by Gasteiger charge is 2.32. The molecule has 0 aromatic carbocycles. The summed E-state index contributed by atoms with van der Waals surface area (Å²) in [6.07, 6.45) is 9.55. The van der Waals surface area contributed by atoms with Gasteiger partial charge in [-0.05, 0) is 38.5 Å². The van der Waals surface area contributed by atoms with Crippen LogP contribution < -0.4 is 0 Å². The van der Waals surface area contributed by atoms with Gasteiger partial charge in [0.1, 0.15) is 5.60 Å². The highest BCUT2D eigenvalue weighted by Crippen LogP contribution is 2.43. The smallest absolute Gasteiger partial charge is 0.126 e. The van der Waals surface area contributed by atoms with Crippen molar-refractivity contribution in [3.05, 3.63) is 11.1 Å². The molecule has 1 heteroatoms. The van der Waals surface area contributed by atoms with Crippen LogP contribution in [-0.4, -0.2) is 10.7 Å². The topological polar surface area (TPSA) is 20.2 Å². The molecule has 1 rings (SSSR count). The molecule has 0 amide bonds. The highest BCUT2D eigenvalue weighted by atomic mass is 16.3. The minimum atomic E-state index is -0.995. The van der Waals surface area contributed by atoms with Gasteiger partial charge in [0, 0.05) is 6.42 Å². The molecule has 0 aromatic rings. The van der Waals surface area contributed by atoms with Crippen LogP contribution in [-0.2, 0) is 0 Å². The molecular formula is C14H22O. The van der Waals surface area contributed by atoms with Crippen LogP contribution in [0.5, 0.6) is 0 Å². The Bertz CT molecular complexity index is 313. The minimum Gasteiger partial charge on any atom is -0.378 e. The predicted molar refractivity (Wildman–Crippen MR) is 64.4 cm³/mol. The second-order valence-electron chi connectivity index (χ2n) is 5.59. The Morgan fingerprint density at radius 3 is 2.60 bits per heavy atom. The number of hydrogen-bond donors (Lipinski definition) is 1. The molecule has 0 saturated heterocycles. The molecule has 0 heterocycles. The SMILES string of the molecule is C#CC(C)(O)CC1=C(C)CCCC1(C)C. The number of terminal acetylenes is 1. The van der Waals surface area contributed by atoms with Gasteiger partial charge in [-0.15, -0.1) is 6.42 Å². The zero-order valence-electron chi connectivity index (χ0n) is 10.4. The molecule has 0 bridgehead atoms. The van der Waals surface area contributed by atoms with Crippen LogP contribution in [0.3, 0.4) is 0 Å². The van der Waals surface area contributed by atoms with E-state index < -0.39 is 5.60 Å². The third-order valence-electron chi connectivity index (χ3n) is 3.52. The molecule has 84 valence electrons.